The Kier molecular flexibility index (Phi) is 12.3. The van der Waals surface area contributed by atoms with Crippen LogP contribution >= 0.6 is 11.8 Å². The van der Waals surface area contributed by atoms with Crippen molar-refractivity contribution in [2.45, 2.75) is 84.3 Å². The summed E-state index contributed by atoms with van der Waals surface area (Å²) in [5.41, 5.74) is 3.49. The van der Waals surface area contributed by atoms with Crippen molar-refractivity contribution >= 4 is 37.7 Å². The fourth-order valence-corrected chi connectivity index (χ4v) is 5.11. The Morgan fingerprint density at radius 3 is 2.33 bits per heavy atom. The van der Waals surface area contributed by atoms with Gasteiger partial charge >= 0.3 is 11.9 Å². The van der Waals surface area contributed by atoms with Crippen LogP contribution in [0.1, 0.15) is 55.1 Å². The van der Waals surface area contributed by atoms with Gasteiger partial charge in [-0.25, -0.2) is 4.79 Å². The molecule has 0 aliphatic heterocycles. The molecule has 1 N–H and O–H groups in total. The first-order valence-electron chi connectivity index (χ1n) is 13.6. The summed E-state index contributed by atoms with van der Waals surface area (Å²) in [4.78, 5) is 38.8. The maximum Gasteiger partial charge on any atom is 0.329 e. The highest BCUT2D eigenvalue weighted by Gasteiger charge is 2.28. The first-order chi connectivity index (χ1) is 18.2. The molecule has 0 unspecified atom stereocenters. The van der Waals surface area contributed by atoms with E-state index in [2.05, 4.69) is 25.0 Å². The highest BCUT2D eigenvalue weighted by Crippen LogP contribution is 2.29. The number of thioether (sulfide) groups is 1. The zero-order valence-electron chi connectivity index (χ0n) is 24.8. The highest BCUT2D eigenvalue weighted by atomic mass is 32.2. The molecule has 0 aliphatic rings. The Morgan fingerprint density at radius 2 is 1.72 bits per heavy atom. The van der Waals surface area contributed by atoms with Crippen LogP contribution in [0.4, 0.5) is 0 Å². The third-order valence-corrected chi connectivity index (χ3v) is 8.45. The predicted molar refractivity (Wildman–Crippen MR) is 164 cm³/mol. The van der Waals surface area contributed by atoms with Crippen molar-refractivity contribution < 1.29 is 23.9 Å². The van der Waals surface area contributed by atoms with Gasteiger partial charge < -0.3 is 14.8 Å². The van der Waals surface area contributed by atoms with Crippen molar-refractivity contribution in [1.29, 1.82) is 0 Å². The molecule has 0 saturated carbocycles. The maximum absolute atomic E-state index is 13.6. The van der Waals surface area contributed by atoms with Crippen molar-refractivity contribution in [3.05, 3.63) is 59.2 Å². The second-order valence-electron chi connectivity index (χ2n) is 12.1. The maximum atomic E-state index is 13.6. The van der Waals surface area contributed by atoms with Crippen LogP contribution in [0.2, 0.25) is 25.7 Å². The molecule has 0 aromatic heterocycles. The molecule has 6 nitrogen and oxygen atoms in total. The number of rotatable bonds is 13. The number of ether oxygens (including phenoxy) is 2. The van der Waals surface area contributed by atoms with Crippen LogP contribution < -0.4 is 5.32 Å². The second kappa shape index (κ2) is 14.7. The molecular weight excluding hydrogens is 526 g/mol. The van der Waals surface area contributed by atoms with E-state index in [1.165, 1.54) is 0 Å². The average Bonchev–Trinajstić information content (AvgIpc) is 2.83. The van der Waals surface area contributed by atoms with E-state index >= 15 is 0 Å². The van der Waals surface area contributed by atoms with Crippen LogP contribution in [-0.4, -0.2) is 56.2 Å². The fourth-order valence-electron chi connectivity index (χ4n) is 3.93. The fraction of sp³-hybridized carbons (Fsp3) is 0.516. The van der Waals surface area contributed by atoms with Crippen molar-refractivity contribution in [2.24, 2.45) is 0 Å². The number of nitrogens with one attached hydrogen (secondary N) is 1. The molecule has 0 saturated heterocycles. The summed E-state index contributed by atoms with van der Waals surface area (Å²) in [7, 11) is -1.26. The second-order valence-corrected chi connectivity index (χ2v) is 18.7. The molecule has 0 spiro atoms. The zero-order chi connectivity index (χ0) is 29.2. The third-order valence-electron chi connectivity index (χ3n) is 6.10. The lowest BCUT2D eigenvalue weighted by Gasteiger charge is -2.25. The SMILES string of the molecule is CSCC[C@H](NC(=O)c1ccc(CCC(=O)OCC[Si](C)(C)C)cc1-c1ccccc1C)C(=O)OC(C)(C)C. The summed E-state index contributed by atoms with van der Waals surface area (Å²) in [6, 6.07) is 13.7. The largest absolute Gasteiger partial charge is 0.466 e. The molecule has 2 aromatic carbocycles. The Morgan fingerprint density at radius 1 is 1.03 bits per heavy atom. The first kappa shape index (κ1) is 32.6. The summed E-state index contributed by atoms with van der Waals surface area (Å²) < 4.78 is 11.0. The molecule has 214 valence electrons. The van der Waals surface area contributed by atoms with Crippen molar-refractivity contribution in [3.63, 3.8) is 0 Å². The molecule has 0 bridgehead atoms. The summed E-state index contributed by atoms with van der Waals surface area (Å²) in [6.07, 6.45) is 3.23. The summed E-state index contributed by atoms with van der Waals surface area (Å²) in [6.45, 7) is 14.7. The molecule has 39 heavy (non-hydrogen) atoms. The van der Waals surface area contributed by atoms with Gasteiger partial charge in [0.15, 0.2) is 0 Å². The van der Waals surface area contributed by atoms with Crippen LogP contribution in [0.5, 0.6) is 0 Å². The van der Waals surface area contributed by atoms with Gasteiger partial charge in [0, 0.05) is 20.1 Å². The van der Waals surface area contributed by atoms with E-state index in [4.69, 9.17) is 9.47 Å². The van der Waals surface area contributed by atoms with E-state index in [1.54, 1.807) is 17.8 Å². The number of hydrogen-bond donors (Lipinski definition) is 1. The Balaban J connectivity index is 2.29. The molecule has 1 amide bonds. The van der Waals surface area contributed by atoms with Gasteiger partial charge in [-0.1, -0.05) is 56.0 Å². The highest BCUT2D eigenvalue weighted by molar-refractivity contribution is 7.98. The van der Waals surface area contributed by atoms with Crippen molar-refractivity contribution in [3.8, 4) is 11.1 Å². The monoisotopic (exact) mass is 571 g/mol. The van der Waals surface area contributed by atoms with Gasteiger partial charge in [0.2, 0.25) is 0 Å². The van der Waals surface area contributed by atoms with Crippen molar-refractivity contribution in [1.82, 2.24) is 5.32 Å². The summed E-state index contributed by atoms with van der Waals surface area (Å²) in [5, 5.41) is 2.93. The number of aryl methyl sites for hydroxylation is 2. The molecule has 2 rings (SSSR count). The molecule has 0 radical (unpaired) electrons. The normalized spacial score (nSPS) is 12.5. The summed E-state index contributed by atoms with van der Waals surface area (Å²) in [5.74, 6) is -0.266. The van der Waals surface area contributed by atoms with Gasteiger partial charge in [-0.2, -0.15) is 11.8 Å². The Bertz CT molecular complexity index is 1140. The Hall–Kier alpha value is -2.58. The zero-order valence-corrected chi connectivity index (χ0v) is 26.6. The minimum absolute atomic E-state index is 0.207. The molecule has 0 aliphatic carbocycles. The smallest absolute Gasteiger partial charge is 0.329 e. The average molecular weight is 572 g/mol. The molecule has 1 atom stereocenters. The van der Waals surface area contributed by atoms with E-state index in [0.717, 1.165) is 28.3 Å². The third kappa shape index (κ3) is 11.6. The van der Waals surface area contributed by atoms with Gasteiger partial charge in [-0.05, 0) is 86.9 Å². The minimum Gasteiger partial charge on any atom is -0.466 e. The van der Waals surface area contributed by atoms with Gasteiger partial charge in [0.05, 0.1) is 6.61 Å². The van der Waals surface area contributed by atoms with E-state index in [9.17, 15) is 14.4 Å². The van der Waals surface area contributed by atoms with Crippen LogP contribution in [0.3, 0.4) is 0 Å². The number of hydrogen-bond acceptors (Lipinski definition) is 6. The molecule has 0 fully saturated rings. The van der Waals surface area contributed by atoms with E-state index in [-0.39, 0.29) is 18.3 Å². The standard InChI is InChI=1S/C31H45NO5SSi/c1-22-11-9-10-12-24(22)26-21-23(14-16-28(33)36-18-20-39(6,7)8)13-15-25(26)29(34)32-27(17-19-38-5)30(35)37-31(2,3)4/h9-13,15,21,27H,14,16-20H2,1-8H3,(H,32,34)/t27-/m0/s1. The molecule has 0 heterocycles. The quantitative estimate of drug-likeness (QED) is 0.214. The topological polar surface area (TPSA) is 81.7 Å². The van der Waals surface area contributed by atoms with Gasteiger partial charge in [0.25, 0.3) is 5.91 Å². The number of amides is 1. The predicted octanol–water partition coefficient (Wildman–Crippen LogP) is 6.67. The minimum atomic E-state index is -1.26. The molecular formula is C31H45NO5SSi. The molecule has 8 heteroatoms. The first-order valence-corrected chi connectivity index (χ1v) is 18.7. The van der Waals surface area contributed by atoms with Crippen LogP contribution in [-0.2, 0) is 25.5 Å². The van der Waals surface area contributed by atoms with Crippen LogP contribution in [0.25, 0.3) is 11.1 Å². The van der Waals surface area contributed by atoms with Gasteiger partial charge in [0.1, 0.15) is 11.6 Å². The number of carbonyl (C=O) groups excluding carboxylic acids is 3. The lowest BCUT2D eigenvalue weighted by Crippen LogP contribution is -2.44. The Labute approximate surface area is 239 Å². The van der Waals surface area contributed by atoms with E-state index < -0.39 is 25.7 Å². The molecule has 2 aromatic rings. The van der Waals surface area contributed by atoms with Crippen LogP contribution in [0, 0.1) is 6.92 Å². The number of benzene rings is 2. The van der Waals surface area contributed by atoms with Crippen LogP contribution in [0.15, 0.2) is 42.5 Å². The lowest BCUT2D eigenvalue weighted by atomic mass is 9.92. The van der Waals surface area contributed by atoms with E-state index in [1.807, 2.05) is 70.3 Å². The number of carbonyl (C=O) groups is 3. The lowest BCUT2D eigenvalue weighted by molar-refractivity contribution is -0.157. The number of esters is 2. The van der Waals surface area contributed by atoms with Crippen molar-refractivity contribution in [2.75, 3.05) is 18.6 Å². The van der Waals surface area contributed by atoms with Gasteiger partial charge in [-0.15, -0.1) is 0 Å². The summed E-state index contributed by atoms with van der Waals surface area (Å²) >= 11 is 1.61. The van der Waals surface area contributed by atoms with Gasteiger partial charge in [-0.3, -0.25) is 9.59 Å². The van der Waals surface area contributed by atoms with E-state index in [0.29, 0.717) is 30.8 Å².